The summed E-state index contributed by atoms with van der Waals surface area (Å²) < 4.78 is 4.93. The van der Waals surface area contributed by atoms with Crippen molar-refractivity contribution in [2.75, 3.05) is 39.9 Å². The average molecular weight is 376 g/mol. The lowest BCUT2D eigenvalue weighted by Gasteiger charge is -2.21. The van der Waals surface area contributed by atoms with E-state index in [2.05, 4.69) is 57.0 Å². The summed E-state index contributed by atoms with van der Waals surface area (Å²) in [5.41, 5.74) is 1.33. The molecule has 0 radical (unpaired) electrons. The molecule has 2 atom stereocenters. The van der Waals surface area contributed by atoms with Crippen molar-refractivity contribution in [2.24, 2.45) is 4.99 Å². The summed E-state index contributed by atoms with van der Waals surface area (Å²) in [4.78, 5) is 18.7. The van der Waals surface area contributed by atoms with Crippen molar-refractivity contribution < 1.29 is 9.53 Å². The summed E-state index contributed by atoms with van der Waals surface area (Å²) in [6.45, 7) is 8.07. The van der Waals surface area contributed by atoms with Crippen LogP contribution in [0.1, 0.15) is 25.8 Å². The molecule has 0 bridgehead atoms. The fraction of sp³-hybridized carbons (Fsp3) is 0.600. The van der Waals surface area contributed by atoms with Crippen molar-refractivity contribution in [3.05, 3.63) is 35.9 Å². The second-order valence-corrected chi connectivity index (χ2v) is 6.88. The van der Waals surface area contributed by atoms with Gasteiger partial charge in [0.05, 0.1) is 6.61 Å². The first-order valence-electron chi connectivity index (χ1n) is 9.70. The van der Waals surface area contributed by atoms with Gasteiger partial charge in [0.2, 0.25) is 5.91 Å². The van der Waals surface area contributed by atoms with Crippen LogP contribution in [0.3, 0.4) is 0 Å². The summed E-state index contributed by atoms with van der Waals surface area (Å²) in [6, 6.07) is 11.4. The van der Waals surface area contributed by atoms with Gasteiger partial charge in [-0.15, -0.1) is 0 Å². The third-order valence-electron chi connectivity index (χ3n) is 4.63. The third kappa shape index (κ3) is 7.56. The van der Waals surface area contributed by atoms with Crippen molar-refractivity contribution in [2.45, 2.75) is 38.9 Å². The fourth-order valence-electron chi connectivity index (χ4n) is 3.25. The van der Waals surface area contributed by atoms with Gasteiger partial charge >= 0.3 is 0 Å². The van der Waals surface area contributed by atoms with Crippen LogP contribution in [0.4, 0.5) is 0 Å². The first-order valence-corrected chi connectivity index (χ1v) is 9.70. The standard InChI is InChI=1S/C20H33N5O2/c1-4-21-20(23-13-19(26)22-10-11-27-3)24-18-12-16(2)25(15-18)14-17-8-6-5-7-9-17/h5-9,16,18H,4,10-15H2,1-3H3,(H,22,26)(H2,21,23,24). The Hall–Kier alpha value is -2.12. The molecular formula is C20H33N5O2. The van der Waals surface area contributed by atoms with E-state index in [-0.39, 0.29) is 12.5 Å². The quantitative estimate of drug-likeness (QED) is 0.341. The number of carbonyl (C=O) groups excluding carboxylic acids is 1. The first kappa shape index (κ1) is 21.2. The molecular weight excluding hydrogens is 342 g/mol. The molecule has 3 N–H and O–H groups in total. The summed E-state index contributed by atoms with van der Waals surface area (Å²) in [5.74, 6) is 0.591. The number of aliphatic imine (C=N–C) groups is 1. The lowest BCUT2D eigenvalue weighted by Crippen LogP contribution is -2.45. The molecule has 150 valence electrons. The topological polar surface area (TPSA) is 78.0 Å². The Morgan fingerprint density at radius 1 is 1.30 bits per heavy atom. The number of nitrogens with one attached hydrogen (secondary N) is 3. The molecule has 1 saturated heterocycles. The van der Waals surface area contributed by atoms with Crippen molar-refractivity contribution in [1.82, 2.24) is 20.9 Å². The maximum absolute atomic E-state index is 11.8. The number of benzene rings is 1. The molecule has 7 nitrogen and oxygen atoms in total. The molecule has 0 saturated carbocycles. The van der Waals surface area contributed by atoms with E-state index >= 15 is 0 Å². The molecule has 0 aliphatic carbocycles. The zero-order valence-corrected chi connectivity index (χ0v) is 16.7. The second-order valence-electron chi connectivity index (χ2n) is 6.88. The number of ether oxygens (including phenoxy) is 1. The Morgan fingerprint density at radius 3 is 2.78 bits per heavy atom. The Balaban J connectivity index is 1.84. The van der Waals surface area contributed by atoms with Crippen LogP contribution in [0.25, 0.3) is 0 Å². The predicted molar refractivity (Wildman–Crippen MR) is 109 cm³/mol. The maximum atomic E-state index is 11.8. The molecule has 0 spiro atoms. The van der Waals surface area contributed by atoms with E-state index in [1.807, 2.05) is 13.0 Å². The number of hydrogen-bond acceptors (Lipinski definition) is 4. The lowest BCUT2D eigenvalue weighted by atomic mass is 10.2. The normalized spacial score (nSPS) is 20.5. The van der Waals surface area contributed by atoms with Gasteiger partial charge in [0, 0.05) is 45.4 Å². The van der Waals surface area contributed by atoms with Crippen LogP contribution in [-0.2, 0) is 16.1 Å². The highest BCUT2D eigenvalue weighted by Crippen LogP contribution is 2.20. The zero-order valence-electron chi connectivity index (χ0n) is 16.7. The number of carbonyl (C=O) groups is 1. The molecule has 2 unspecified atom stereocenters. The molecule has 0 aromatic heterocycles. The van der Waals surface area contributed by atoms with Crippen LogP contribution in [0.2, 0.25) is 0 Å². The van der Waals surface area contributed by atoms with Gasteiger partial charge in [-0.2, -0.15) is 0 Å². The Bertz CT molecular complexity index is 593. The summed E-state index contributed by atoms with van der Waals surface area (Å²) in [6.07, 6.45) is 1.05. The molecule has 1 amide bonds. The van der Waals surface area contributed by atoms with Gasteiger partial charge in [-0.3, -0.25) is 9.69 Å². The molecule has 1 fully saturated rings. The number of guanidine groups is 1. The number of rotatable bonds is 9. The average Bonchev–Trinajstić information content (AvgIpc) is 3.00. The van der Waals surface area contributed by atoms with E-state index in [9.17, 15) is 4.79 Å². The molecule has 27 heavy (non-hydrogen) atoms. The smallest absolute Gasteiger partial charge is 0.241 e. The lowest BCUT2D eigenvalue weighted by molar-refractivity contribution is -0.119. The van der Waals surface area contributed by atoms with Gasteiger partial charge in [0.15, 0.2) is 5.96 Å². The zero-order chi connectivity index (χ0) is 19.5. The van der Waals surface area contributed by atoms with Crippen molar-refractivity contribution in [3.8, 4) is 0 Å². The van der Waals surface area contributed by atoms with Crippen LogP contribution in [-0.4, -0.2) is 68.7 Å². The third-order valence-corrected chi connectivity index (χ3v) is 4.63. The van der Waals surface area contributed by atoms with E-state index in [0.29, 0.717) is 31.2 Å². The summed E-state index contributed by atoms with van der Waals surface area (Å²) in [7, 11) is 1.61. The van der Waals surface area contributed by atoms with Crippen LogP contribution < -0.4 is 16.0 Å². The molecule has 2 rings (SSSR count). The number of hydrogen-bond donors (Lipinski definition) is 3. The minimum atomic E-state index is -0.102. The van der Waals surface area contributed by atoms with Gasteiger partial charge in [0.1, 0.15) is 6.54 Å². The molecule has 1 aliphatic rings. The van der Waals surface area contributed by atoms with Crippen LogP contribution in [0.5, 0.6) is 0 Å². The largest absolute Gasteiger partial charge is 0.383 e. The van der Waals surface area contributed by atoms with E-state index in [1.54, 1.807) is 7.11 Å². The predicted octanol–water partition coefficient (Wildman–Crippen LogP) is 0.967. The minimum absolute atomic E-state index is 0.102. The van der Waals surface area contributed by atoms with Gasteiger partial charge in [-0.1, -0.05) is 30.3 Å². The van der Waals surface area contributed by atoms with Gasteiger partial charge < -0.3 is 20.7 Å². The minimum Gasteiger partial charge on any atom is -0.383 e. The highest BCUT2D eigenvalue weighted by molar-refractivity contribution is 5.85. The number of amides is 1. The van der Waals surface area contributed by atoms with Crippen LogP contribution in [0, 0.1) is 0 Å². The molecule has 1 aromatic carbocycles. The van der Waals surface area contributed by atoms with Crippen LogP contribution >= 0.6 is 0 Å². The second kappa shape index (κ2) is 11.6. The highest BCUT2D eigenvalue weighted by atomic mass is 16.5. The Morgan fingerprint density at radius 2 is 2.07 bits per heavy atom. The first-order chi connectivity index (χ1) is 13.1. The van der Waals surface area contributed by atoms with Gasteiger partial charge in [0.25, 0.3) is 0 Å². The van der Waals surface area contributed by atoms with Crippen molar-refractivity contribution in [1.29, 1.82) is 0 Å². The molecule has 7 heteroatoms. The summed E-state index contributed by atoms with van der Waals surface area (Å²) in [5, 5.41) is 9.49. The Kier molecular flexibility index (Phi) is 9.07. The SMILES string of the molecule is CCNC(=NCC(=O)NCCOC)NC1CC(C)N(Cc2ccccc2)C1. The van der Waals surface area contributed by atoms with E-state index in [1.165, 1.54) is 5.56 Å². The molecule has 1 aliphatic heterocycles. The van der Waals surface area contributed by atoms with E-state index in [0.717, 1.165) is 26.1 Å². The number of likely N-dealkylation sites (tertiary alicyclic amines) is 1. The molecule has 1 heterocycles. The monoisotopic (exact) mass is 375 g/mol. The van der Waals surface area contributed by atoms with Gasteiger partial charge in [-0.25, -0.2) is 4.99 Å². The molecule has 1 aromatic rings. The number of methoxy groups -OCH3 is 1. The Labute approximate surface area is 162 Å². The van der Waals surface area contributed by atoms with E-state index in [4.69, 9.17) is 4.74 Å². The van der Waals surface area contributed by atoms with Gasteiger partial charge in [-0.05, 0) is 25.8 Å². The van der Waals surface area contributed by atoms with E-state index < -0.39 is 0 Å². The van der Waals surface area contributed by atoms with Crippen molar-refractivity contribution >= 4 is 11.9 Å². The number of nitrogens with zero attached hydrogens (tertiary/aromatic N) is 2. The van der Waals surface area contributed by atoms with Crippen LogP contribution in [0.15, 0.2) is 35.3 Å². The maximum Gasteiger partial charge on any atom is 0.241 e. The highest BCUT2D eigenvalue weighted by Gasteiger charge is 2.29. The fourth-order valence-corrected chi connectivity index (χ4v) is 3.25. The van der Waals surface area contributed by atoms with Crippen molar-refractivity contribution in [3.63, 3.8) is 0 Å². The summed E-state index contributed by atoms with van der Waals surface area (Å²) >= 11 is 0.